The monoisotopic (exact) mass is 240 g/mol. The van der Waals surface area contributed by atoms with Crippen LogP contribution in [0.15, 0.2) is 16.5 Å². The number of carboxylic acid groups (broad SMARTS) is 1. The minimum atomic E-state index is -1.18. The van der Waals surface area contributed by atoms with Gasteiger partial charge in [0.2, 0.25) is 5.76 Å². The minimum absolute atomic E-state index is 0.0206. The Morgan fingerprint density at radius 3 is 2.53 bits per heavy atom. The van der Waals surface area contributed by atoms with Crippen molar-refractivity contribution in [3.63, 3.8) is 0 Å². The van der Waals surface area contributed by atoms with Gasteiger partial charge in [0.05, 0.1) is 0 Å². The number of nitrogens with one attached hydrogen (secondary N) is 1. The smallest absolute Gasteiger partial charge is 0.371 e. The van der Waals surface area contributed by atoms with E-state index in [2.05, 4.69) is 5.32 Å². The Balaban J connectivity index is 2.39. The van der Waals surface area contributed by atoms with Gasteiger partial charge in [-0.3, -0.25) is 4.79 Å². The molecular weight excluding hydrogens is 224 g/mol. The Morgan fingerprint density at radius 1 is 1.35 bits per heavy atom. The lowest BCUT2D eigenvalue weighted by Gasteiger charge is -2.08. The zero-order chi connectivity index (χ0) is 12.8. The Hall–Kier alpha value is -1.82. The maximum atomic E-state index is 11.5. The maximum Gasteiger partial charge on any atom is 0.371 e. The molecule has 1 aromatic heterocycles. The van der Waals surface area contributed by atoms with Gasteiger partial charge in [-0.15, -0.1) is 0 Å². The fraction of sp³-hybridized carbons (Fsp3) is 0.455. The van der Waals surface area contributed by atoms with Gasteiger partial charge in [0, 0.05) is 6.54 Å². The summed E-state index contributed by atoms with van der Waals surface area (Å²) in [5, 5.41) is 11.3. The highest BCUT2D eigenvalue weighted by Crippen LogP contribution is 2.07. The van der Waals surface area contributed by atoms with Crippen LogP contribution in [-0.4, -0.2) is 49.1 Å². The summed E-state index contributed by atoms with van der Waals surface area (Å²) in [7, 11) is 3.90. The Labute approximate surface area is 99.2 Å². The van der Waals surface area contributed by atoms with Crippen molar-refractivity contribution in [1.29, 1.82) is 0 Å². The third-order valence-corrected chi connectivity index (χ3v) is 2.11. The van der Waals surface area contributed by atoms with Crippen LogP contribution >= 0.6 is 0 Å². The van der Waals surface area contributed by atoms with E-state index >= 15 is 0 Å². The molecule has 0 saturated heterocycles. The first-order valence-electron chi connectivity index (χ1n) is 5.26. The SMILES string of the molecule is CN(C)CCCNC(=O)c1ccc(C(=O)O)o1. The molecule has 0 atom stereocenters. The first-order valence-corrected chi connectivity index (χ1v) is 5.26. The molecule has 0 aliphatic heterocycles. The summed E-state index contributed by atoms with van der Waals surface area (Å²) in [5.74, 6) is -1.79. The zero-order valence-electron chi connectivity index (χ0n) is 9.90. The van der Waals surface area contributed by atoms with Crippen molar-refractivity contribution in [3.8, 4) is 0 Å². The third kappa shape index (κ3) is 4.28. The number of amides is 1. The molecule has 0 saturated carbocycles. The molecule has 0 aromatic carbocycles. The Kier molecular flexibility index (Phi) is 4.71. The highest BCUT2D eigenvalue weighted by atomic mass is 16.4. The molecule has 0 aliphatic rings. The van der Waals surface area contributed by atoms with E-state index in [0.29, 0.717) is 6.54 Å². The summed E-state index contributed by atoms with van der Waals surface area (Å²) in [4.78, 5) is 24.1. The molecule has 6 nitrogen and oxygen atoms in total. The standard InChI is InChI=1S/C11H16N2O4/c1-13(2)7-3-6-12-10(14)8-4-5-9(17-8)11(15)16/h4-5H,3,6-7H2,1-2H3,(H,12,14)(H,15,16). The second-order valence-corrected chi connectivity index (χ2v) is 3.88. The van der Waals surface area contributed by atoms with Gasteiger partial charge in [0.1, 0.15) is 0 Å². The fourth-order valence-electron chi connectivity index (χ4n) is 1.26. The van der Waals surface area contributed by atoms with E-state index in [9.17, 15) is 9.59 Å². The second-order valence-electron chi connectivity index (χ2n) is 3.88. The van der Waals surface area contributed by atoms with E-state index in [1.54, 1.807) is 0 Å². The molecule has 0 fully saturated rings. The van der Waals surface area contributed by atoms with Crippen molar-refractivity contribution >= 4 is 11.9 Å². The number of aromatic carboxylic acids is 1. The highest BCUT2D eigenvalue weighted by Gasteiger charge is 2.14. The molecule has 2 N–H and O–H groups in total. The topological polar surface area (TPSA) is 82.8 Å². The third-order valence-electron chi connectivity index (χ3n) is 2.11. The first kappa shape index (κ1) is 13.2. The molecule has 0 unspecified atom stereocenters. The number of carbonyl (C=O) groups is 2. The van der Waals surface area contributed by atoms with Gasteiger partial charge in [-0.2, -0.15) is 0 Å². The van der Waals surface area contributed by atoms with Crippen molar-refractivity contribution in [3.05, 3.63) is 23.7 Å². The second kappa shape index (κ2) is 6.05. The summed E-state index contributed by atoms with van der Waals surface area (Å²) in [6, 6.07) is 2.61. The van der Waals surface area contributed by atoms with Crippen molar-refractivity contribution in [1.82, 2.24) is 10.2 Å². The molecule has 0 spiro atoms. The zero-order valence-corrected chi connectivity index (χ0v) is 9.90. The number of hydrogen-bond acceptors (Lipinski definition) is 4. The van der Waals surface area contributed by atoms with Crippen molar-refractivity contribution < 1.29 is 19.1 Å². The van der Waals surface area contributed by atoms with E-state index in [-0.39, 0.29) is 11.5 Å². The van der Waals surface area contributed by atoms with Gasteiger partial charge in [0.25, 0.3) is 5.91 Å². The minimum Gasteiger partial charge on any atom is -0.475 e. The van der Waals surface area contributed by atoms with Gasteiger partial charge < -0.3 is 19.7 Å². The number of carboxylic acids is 1. The van der Waals surface area contributed by atoms with Crippen LogP contribution in [0.3, 0.4) is 0 Å². The quantitative estimate of drug-likeness (QED) is 0.714. The predicted molar refractivity (Wildman–Crippen MR) is 61.2 cm³/mol. The average Bonchev–Trinajstić information content (AvgIpc) is 2.73. The molecule has 0 aliphatic carbocycles. The summed E-state index contributed by atoms with van der Waals surface area (Å²) >= 11 is 0. The van der Waals surface area contributed by atoms with Gasteiger partial charge in [-0.05, 0) is 39.2 Å². The summed E-state index contributed by atoms with van der Waals surface area (Å²) in [6.45, 7) is 1.40. The number of hydrogen-bond donors (Lipinski definition) is 2. The summed E-state index contributed by atoms with van der Waals surface area (Å²) < 4.78 is 4.86. The van der Waals surface area contributed by atoms with Crippen LogP contribution in [0, 0.1) is 0 Å². The lowest BCUT2D eigenvalue weighted by atomic mass is 10.3. The first-order chi connectivity index (χ1) is 8.00. The highest BCUT2D eigenvalue weighted by molar-refractivity contribution is 5.93. The van der Waals surface area contributed by atoms with Gasteiger partial charge >= 0.3 is 5.97 Å². The number of carbonyl (C=O) groups excluding carboxylic acids is 1. The van der Waals surface area contributed by atoms with E-state index in [1.165, 1.54) is 12.1 Å². The average molecular weight is 240 g/mol. The predicted octanol–water partition coefficient (Wildman–Crippen LogP) is 0.659. The van der Waals surface area contributed by atoms with Crippen LogP contribution < -0.4 is 5.32 Å². The molecule has 0 radical (unpaired) electrons. The molecule has 1 rings (SSSR count). The number of furan rings is 1. The molecule has 94 valence electrons. The van der Waals surface area contributed by atoms with Crippen molar-refractivity contribution in [2.45, 2.75) is 6.42 Å². The van der Waals surface area contributed by atoms with Crippen molar-refractivity contribution in [2.24, 2.45) is 0 Å². The van der Waals surface area contributed by atoms with E-state index in [4.69, 9.17) is 9.52 Å². The number of nitrogens with zero attached hydrogens (tertiary/aromatic N) is 1. The normalized spacial score (nSPS) is 10.5. The van der Waals surface area contributed by atoms with Crippen LogP contribution in [0.1, 0.15) is 27.5 Å². The van der Waals surface area contributed by atoms with Crippen LogP contribution in [0.4, 0.5) is 0 Å². The van der Waals surface area contributed by atoms with Crippen LogP contribution in [0.2, 0.25) is 0 Å². The lowest BCUT2D eigenvalue weighted by Crippen LogP contribution is -2.26. The molecule has 17 heavy (non-hydrogen) atoms. The Morgan fingerprint density at radius 2 is 2.00 bits per heavy atom. The van der Waals surface area contributed by atoms with Crippen LogP contribution in [-0.2, 0) is 0 Å². The molecule has 0 bridgehead atoms. The molecule has 1 heterocycles. The van der Waals surface area contributed by atoms with E-state index in [1.807, 2.05) is 19.0 Å². The van der Waals surface area contributed by atoms with E-state index < -0.39 is 11.9 Å². The Bertz CT molecular complexity index is 398. The summed E-state index contributed by atoms with van der Waals surface area (Å²) in [5.41, 5.74) is 0. The van der Waals surface area contributed by atoms with Gasteiger partial charge in [-0.1, -0.05) is 0 Å². The molecule has 1 aromatic rings. The fourth-order valence-corrected chi connectivity index (χ4v) is 1.26. The van der Waals surface area contributed by atoms with Gasteiger partial charge in [0.15, 0.2) is 5.76 Å². The van der Waals surface area contributed by atoms with Crippen LogP contribution in [0.5, 0.6) is 0 Å². The maximum absolute atomic E-state index is 11.5. The van der Waals surface area contributed by atoms with Gasteiger partial charge in [-0.25, -0.2) is 4.79 Å². The lowest BCUT2D eigenvalue weighted by molar-refractivity contribution is 0.0659. The molecule has 6 heteroatoms. The van der Waals surface area contributed by atoms with Crippen molar-refractivity contribution in [2.75, 3.05) is 27.2 Å². The van der Waals surface area contributed by atoms with Crippen LogP contribution in [0.25, 0.3) is 0 Å². The largest absolute Gasteiger partial charge is 0.475 e. The van der Waals surface area contributed by atoms with E-state index in [0.717, 1.165) is 13.0 Å². The molecular formula is C11H16N2O4. The summed E-state index contributed by atoms with van der Waals surface area (Å²) in [6.07, 6.45) is 0.825. The molecule has 1 amide bonds. The number of rotatable bonds is 6.